The monoisotopic (exact) mass is 699 g/mol. The molecule has 0 aliphatic carbocycles. The minimum absolute atomic E-state index is 0.183. The Morgan fingerprint density at radius 3 is 2.10 bits per heavy atom. The largest absolute Gasteiger partial charge is 0.492 e. The Hall–Kier alpha value is -4.56. The van der Waals surface area contributed by atoms with Crippen molar-refractivity contribution >= 4 is 44.1 Å². The second-order valence-electron chi connectivity index (χ2n) is 13.3. The number of para-hydroxylation sites is 1. The van der Waals surface area contributed by atoms with Crippen LogP contribution >= 0.6 is 0 Å². The van der Waals surface area contributed by atoms with E-state index < -0.39 is 27.7 Å². The molecular weight excluding hydrogens is 659 g/mol. The van der Waals surface area contributed by atoms with E-state index in [-0.39, 0.29) is 28.3 Å². The van der Waals surface area contributed by atoms with Gasteiger partial charge in [-0.3, -0.25) is 19.2 Å². The van der Waals surface area contributed by atoms with Gasteiger partial charge >= 0.3 is 6.18 Å². The number of anilines is 2. The van der Waals surface area contributed by atoms with E-state index in [0.29, 0.717) is 44.1 Å². The third-order valence-electron chi connectivity index (χ3n) is 8.59. The van der Waals surface area contributed by atoms with E-state index in [2.05, 4.69) is 14.9 Å². The number of hydrogen-bond acceptors (Lipinski definition) is 6. The number of aromatic nitrogens is 1. The van der Waals surface area contributed by atoms with Gasteiger partial charge in [0.2, 0.25) is 10.0 Å². The smallest absolute Gasteiger partial charge is 0.416 e. The first-order valence-corrected chi connectivity index (χ1v) is 17.5. The number of carbonyl (C=O) groups is 2. The second kappa shape index (κ2) is 13.4. The molecule has 2 heterocycles. The van der Waals surface area contributed by atoms with Gasteiger partial charge in [-0.05, 0) is 59.0 Å². The van der Waals surface area contributed by atoms with Crippen molar-refractivity contribution < 1.29 is 35.9 Å². The summed E-state index contributed by atoms with van der Waals surface area (Å²) in [6.07, 6.45) is -3.42. The van der Waals surface area contributed by atoms with Gasteiger partial charge in [-0.2, -0.15) is 13.2 Å². The van der Waals surface area contributed by atoms with Crippen molar-refractivity contribution in [3.05, 3.63) is 88.6 Å². The van der Waals surface area contributed by atoms with E-state index in [0.717, 1.165) is 40.4 Å². The number of rotatable bonds is 8. The van der Waals surface area contributed by atoms with Crippen molar-refractivity contribution in [1.82, 2.24) is 14.4 Å². The molecule has 2 N–H and O–H groups in total. The topological polar surface area (TPSA) is 113 Å². The molecule has 1 saturated heterocycles. The molecule has 2 amide bonds. The minimum atomic E-state index is -4.46. The van der Waals surface area contributed by atoms with Crippen LogP contribution in [0.3, 0.4) is 0 Å². The summed E-state index contributed by atoms with van der Waals surface area (Å²) in [4.78, 5) is 30.6. The standard InChI is InChI=1S/C35H40F3N5O5S/c1-34(2,3)26-19-27(31(48-5)28(20-26)40-49(6,46)47)39-32(44)29-18-23-8-7-9-24(30(23)41(29)4)21-42-14-16-43(17-15-42)33(45)22-10-12-25(13-11-22)35(36,37)38/h7-13,18-20,40H,14-17,21H2,1-6H3,(H,39,44). The van der Waals surface area contributed by atoms with Gasteiger partial charge in [-0.15, -0.1) is 0 Å². The first-order valence-electron chi connectivity index (χ1n) is 15.6. The predicted octanol–water partition coefficient (Wildman–Crippen LogP) is 6.09. The van der Waals surface area contributed by atoms with E-state index in [9.17, 15) is 31.2 Å². The fraction of sp³-hybridized carbons (Fsp3) is 0.371. The van der Waals surface area contributed by atoms with Gasteiger partial charge < -0.3 is 19.5 Å². The molecule has 14 heteroatoms. The minimum Gasteiger partial charge on any atom is -0.492 e. The summed E-state index contributed by atoms with van der Waals surface area (Å²) in [5.74, 6) is -0.533. The molecular formula is C35H40F3N5O5S. The second-order valence-corrected chi connectivity index (χ2v) is 15.0. The number of nitrogens with one attached hydrogen (secondary N) is 2. The molecule has 0 radical (unpaired) electrons. The van der Waals surface area contributed by atoms with E-state index >= 15 is 0 Å². The molecule has 1 aromatic heterocycles. The highest BCUT2D eigenvalue weighted by molar-refractivity contribution is 7.92. The molecule has 1 fully saturated rings. The van der Waals surface area contributed by atoms with Gasteiger partial charge in [-0.1, -0.05) is 39.0 Å². The molecule has 0 atom stereocenters. The summed E-state index contributed by atoms with van der Waals surface area (Å²) in [7, 11) is -0.429. The van der Waals surface area contributed by atoms with E-state index in [1.165, 1.54) is 19.2 Å². The number of sulfonamides is 1. The summed E-state index contributed by atoms with van der Waals surface area (Å²) in [5.41, 5.74) is 2.61. The van der Waals surface area contributed by atoms with Gasteiger partial charge in [0.1, 0.15) is 5.69 Å². The number of halogens is 3. The maximum atomic E-state index is 13.8. The van der Waals surface area contributed by atoms with Crippen LogP contribution < -0.4 is 14.8 Å². The Morgan fingerprint density at radius 2 is 1.53 bits per heavy atom. The Labute approximate surface area is 283 Å². The van der Waals surface area contributed by atoms with Gasteiger partial charge in [0.15, 0.2) is 5.75 Å². The van der Waals surface area contributed by atoms with Crippen molar-refractivity contribution in [2.24, 2.45) is 7.05 Å². The van der Waals surface area contributed by atoms with E-state index in [1.807, 2.05) is 43.5 Å². The van der Waals surface area contributed by atoms with Crippen molar-refractivity contribution in [1.29, 1.82) is 0 Å². The van der Waals surface area contributed by atoms with Crippen molar-refractivity contribution in [2.75, 3.05) is 49.6 Å². The Morgan fingerprint density at radius 1 is 0.898 bits per heavy atom. The maximum absolute atomic E-state index is 13.8. The average molecular weight is 700 g/mol. The zero-order valence-electron chi connectivity index (χ0n) is 28.2. The molecule has 1 aliphatic heterocycles. The first kappa shape index (κ1) is 35.7. The number of nitrogens with zero attached hydrogens (tertiary/aromatic N) is 3. The van der Waals surface area contributed by atoms with Crippen LogP contribution in [-0.2, 0) is 35.2 Å². The number of hydrogen-bond donors (Lipinski definition) is 2. The maximum Gasteiger partial charge on any atom is 0.416 e. The molecule has 0 unspecified atom stereocenters. The van der Waals surface area contributed by atoms with Crippen molar-refractivity contribution in [3.63, 3.8) is 0 Å². The number of benzene rings is 3. The molecule has 0 bridgehead atoms. The lowest BCUT2D eigenvalue weighted by Gasteiger charge is -2.35. The highest BCUT2D eigenvalue weighted by atomic mass is 32.2. The fourth-order valence-electron chi connectivity index (χ4n) is 6.02. The number of carbonyl (C=O) groups excluding carboxylic acids is 2. The number of alkyl halides is 3. The molecule has 0 spiro atoms. The zero-order chi connectivity index (χ0) is 35.9. The normalized spacial score (nSPS) is 14.6. The third kappa shape index (κ3) is 8.02. The fourth-order valence-corrected chi connectivity index (χ4v) is 6.57. The molecule has 10 nitrogen and oxygen atoms in total. The van der Waals surface area contributed by atoms with Crippen LogP contribution in [0.2, 0.25) is 0 Å². The zero-order valence-corrected chi connectivity index (χ0v) is 29.1. The molecule has 1 aliphatic rings. The number of ether oxygens (including phenoxy) is 1. The Balaban J connectivity index is 1.33. The van der Waals surface area contributed by atoms with Crippen LogP contribution in [0, 0.1) is 0 Å². The summed E-state index contributed by atoms with van der Waals surface area (Å²) in [6.45, 7) is 8.46. The van der Waals surface area contributed by atoms with Crippen LogP contribution in [0.4, 0.5) is 24.5 Å². The summed E-state index contributed by atoms with van der Waals surface area (Å²) in [6, 6.07) is 15.4. The Bertz CT molecular complexity index is 1990. The summed E-state index contributed by atoms with van der Waals surface area (Å²) >= 11 is 0. The van der Waals surface area contributed by atoms with Crippen molar-refractivity contribution in [2.45, 2.75) is 38.9 Å². The third-order valence-corrected chi connectivity index (χ3v) is 9.18. The van der Waals surface area contributed by atoms with E-state index in [1.54, 1.807) is 30.1 Å². The lowest BCUT2D eigenvalue weighted by atomic mass is 9.86. The molecule has 4 aromatic rings. The molecule has 49 heavy (non-hydrogen) atoms. The van der Waals surface area contributed by atoms with Gasteiger partial charge in [0.25, 0.3) is 11.8 Å². The lowest BCUT2D eigenvalue weighted by molar-refractivity contribution is -0.137. The molecule has 5 rings (SSSR count). The van der Waals surface area contributed by atoms with Crippen LogP contribution in [0.25, 0.3) is 10.9 Å². The first-order chi connectivity index (χ1) is 22.9. The van der Waals surface area contributed by atoms with E-state index in [4.69, 9.17) is 4.74 Å². The predicted molar refractivity (Wildman–Crippen MR) is 184 cm³/mol. The van der Waals surface area contributed by atoms with Gasteiger partial charge in [0.05, 0.1) is 35.8 Å². The van der Waals surface area contributed by atoms with Crippen LogP contribution in [0.5, 0.6) is 5.75 Å². The van der Waals surface area contributed by atoms with Crippen LogP contribution in [0.15, 0.2) is 60.7 Å². The Kier molecular flexibility index (Phi) is 9.77. The molecule has 0 saturated carbocycles. The number of methoxy groups -OCH3 is 1. The number of piperazine rings is 1. The average Bonchev–Trinajstić information content (AvgIpc) is 3.36. The number of aryl methyl sites for hydroxylation is 1. The quantitative estimate of drug-likeness (QED) is 0.231. The number of amides is 2. The SMILES string of the molecule is COc1c(NC(=O)c2cc3cccc(CN4CCN(C(=O)c5ccc(C(F)(F)F)cc5)CC4)c3n2C)cc(C(C)(C)C)cc1NS(C)(=O)=O. The van der Waals surface area contributed by atoms with Gasteiger partial charge in [0, 0.05) is 50.7 Å². The lowest BCUT2D eigenvalue weighted by Crippen LogP contribution is -2.48. The highest BCUT2D eigenvalue weighted by Crippen LogP contribution is 2.39. The van der Waals surface area contributed by atoms with Gasteiger partial charge in [-0.25, -0.2) is 8.42 Å². The van der Waals surface area contributed by atoms with Crippen LogP contribution in [-0.4, -0.2) is 74.1 Å². The summed E-state index contributed by atoms with van der Waals surface area (Å²) < 4.78 is 73.0. The number of fused-ring (bicyclic) bond motifs is 1. The molecule has 3 aromatic carbocycles. The van der Waals surface area contributed by atoms with Crippen LogP contribution in [0.1, 0.15) is 58.3 Å². The van der Waals surface area contributed by atoms with Crippen molar-refractivity contribution in [3.8, 4) is 5.75 Å². The molecule has 262 valence electrons. The highest BCUT2D eigenvalue weighted by Gasteiger charge is 2.31. The summed E-state index contributed by atoms with van der Waals surface area (Å²) in [5, 5.41) is 3.79.